The number of hydrogen-bond acceptors (Lipinski definition) is 3. The van der Waals surface area contributed by atoms with E-state index in [-0.39, 0.29) is 12.1 Å². The summed E-state index contributed by atoms with van der Waals surface area (Å²) in [4.78, 5) is 0. The van der Waals surface area contributed by atoms with E-state index < -0.39 is 0 Å². The molecular formula is C8H15NO2. The zero-order valence-corrected chi connectivity index (χ0v) is 6.62. The van der Waals surface area contributed by atoms with Crippen LogP contribution < -0.4 is 5.32 Å². The van der Waals surface area contributed by atoms with E-state index in [1.165, 1.54) is 0 Å². The summed E-state index contributed by atoms with van der Waals surface area (Å²) in [5, 5.41) is 12.5. The average Bonchev–Trinajstić information content (AvgIpc) is 2.37. The van der Waals surface area contributed by atoms with Crippen molar-refractivity contribution < 1.29 is 9.84 Å². The highest BCUT2D eigenvalue weighted by atomic mass is 16.5. The molecule has 2 N–H and O–H groups in total. The van der Waals surface area contributed by atoms with Crippen LogP contribution in [0.3, 0.4) is 0 Å². The largest absolute Gasteiger partial charge is 0.389 e. The van der Waals surface area contributed by atoms with Crippen LogP contribution in [0.2, 0.25) is 0 Å². The van der Waals surface area contributed by atoms with Crippen molar-refractivity contribution in [3.63, 3.8) is 0 Å². The molecule has 11 heavy (non-hydrogen) atoms. The van der Waals surface area contributed by atoms with Crippen LogP contribution in [0.5, 0.6) is 0 Å². The van der Waals surface area contributed by atoms with Crippen LogP contribution in [0.1, 0.15) is 6.42 Å². The van der Waals surface area contributed by atoms with Crippen LogP contribution in [0, 0.1) is 0 Å². The zero-order valence-electron chi connectivity index (χ0n) is 6.62. The second-order valence-corrected chi connectivity index (χ2v) is 2.74. The first-order valence-corrected chi connectivity index (χ1v) is 3.94. The van der Waals surface area contributed by atoms with Gasteiger partial charge in [0.2, 0.25) is 0 Å². The van der Waals surface area contributed by atoms with Crippen molar-refractivity contribution in [2.24, 2.45) is 0 Å². The summed E-state index contributed by atoms with van der Waals surface area (Å²) in [5.41, 5.74) is 0. The van der Waals surface area contributed by atoms with Gasteiger partial charge in [-0.2, -0.15) is 0 Å². The van der Waals surface area contributed by atoms with Gasteiger partial charge in [-0.05, 0) is 13.0 Å². The van der Waals surface area contributed by atoms with Crippen LogP contribution in [0.15, 0.2) is 12.7 Å². The van der Waals surface area contributed by atoms with Crippen molar-refractivity contribution in [2.75, 3.05) is 19.8 Å². The molecule has 0 aromatic rings. The monoisotopic (exact) mass is 157 g/mol. The van der Waals surface area contributed by atoms with Crippen molar-refractivity contribution >= 4 is 0 Å². The number of nitrogens with one attached hydrogen (secondary N) is 1. The molecule has 1 rings (SSSR count). The minimum Gasteiger partial charge on any atom is -0.389 e. The quantitative estimate of drug-likeness (QED) is 0.443. The third kappa shape index (κ3) is 2.61. The van der Waals surface area contributed by atoms with Gasteiger partial charge in [-0.1, -0.05) is 6.08 Å². The second-order valence-electron chi connectivity index (χ2n) is 2.74. The molecule has 0 aromatic carbocycles. The summed E-state index contributed by atoms with van der Waals surface area (Å²) >= 11 is 0. The lowest BCUT2D eigenvalue weighted by molar-refractivity contribution is 0.122. The third-order valence-electron chi connectivity index (χ3n) is 1.81. The summed E-state index contributed by atoms with van der Waals surface area (Å²) < 4.78 is 5.06. The molecule has 64 valence electrons. The van der Waals surface area contributed by atoms with E-state index in [0.717, 1.165) is 13.0 Å². The van der Waals surface area contributed by atoms with E-state index in [4.69, 9.17) is 4.74 Å². The number of rotatable bonds is 4. The highest BCUT2D eigenvalue weighted by Gasteiger charge is 2.24. The minimum atomic E-state index is -0.334. The maximum Gasteiger partial charge on any atom is 0.0948 e. The number of aliphatic hydroxyl groups is 1. The van der Waals surface area contributed by atoms with E-state index >= 15 is 0 Å². The first-order valence-electron chi connectivity index (χ1n) is 3.94. The predicted octanol–water partition coefficient (Wildman–Crippen LogP) is -0.0882. The number of ether oxygens (including phenoxy) is 1. The fourth-order valence-electron chi connectivity index (χ4n) is 1.11. The predicted molar refractivity (Wildman–Crippen MR) is 43.4 cm³/mol. The molecular weight excluding hydrogens is 142 g/mol. The summed E-state index contributed by atoms with van der Waals surface area (Å²) in [7, 11) is 0. The van der Waals surface area contributed by atoms with Crippen molar-refractivity contribution in [3.8, 4) is 0 Å². The topological polar surface area (TPSA) is 41.5 Å². The van der Waals surface area contributed by atoms with Gasteiger partial charge in [-0.25, -0.2) is 0 Å². The van der Waals surface area contributed by atoms with Gasteiger partial charge in [0.1, 0.15) is 0 Å². The van der Waals surface area contributed by atoms with Crippen LogP contribution >= 0.6 is 0 Å². The van der Waals surface area contributed by atoms with Gasteiger partial charge in [-0.3, -0.25) is 0 Å². The van der Waals surface area contributed by atoms with Gasteiger partial charge in [0, 0.05) is 0 Å². The molecule has 3 heteroatoms. The Bertz CT molecular complexity index is 127. The Morgan fingerprint density at radius 3 is 3.00 bits per heavy atom. The van der Waals surface area contributed by atoms with Gasteiger partial charge in [0.25, 0.3) is 0 Å². The summed E-state index contributed by atoms with van der Waals surface area (Å²) in [5.74, 6) is 0. The summed E-state index contributed by atoms with van der Waals surface area (Å²) in [6, 6.07) is 0.120. The van der Waals surface area contributed by atoms with E-state index in [9.17, 15) is 5.11 Å². The Morgan fingerprint density at radius 1 is 1.64 bits per heavy atom. The normalized spacial score (nSPS) is 30.6. The molecule has 1 saturated heterocycles. The van der Waals surface area contributed by atoms with Gasteiger partial charge in [-0.15, -0.1) is 6.58 Å². The molecule has 0 aliphatic carbocycles. The first kappa shape index (κ1) is 8.71. The zero-order chi connectivity index (χ0) is 8.10. The smallest absolute Gasteiger partial charge is 0.0948 e. The standard InChI is InChI=1S/C8H15NO2/c1-2-3-4-9-7-5-11-6-8(7)10/h2,7-10H,1,3-6H2. The van der Waals surface area contributed by atoms with Crippen LogP contribution in [0.25, 0.3) is 0 Å². The first-order chi connectivity index (χ1) is 5.34. The molecule has 0 spiro atoms. The SMILES string of the molecule is C=CCCNC1COCC1O. The Hall–Kier alpha value is -0.380. The van der Waals surface area contributed by atoms with Crippen molar-refractivity contribution in [2.45, 2.75) is 18.6 Å². The van der Waals surface area contributed by atoms with Gasteiger partial charge in [0.05, 0.1) is 25.4 Å². The molecule has 2 atom stereocenters. The minimum absolute atomic E-state index is 0.120. The van der Waals surface area contributed by atoms with Crippen LogP contribution in [-0.2, 0) is 4.74 Å². The Balaban J connectivity index is 2.10. The molecule has 1 aliphatic heterocycles. The molecule has 2 unspecified atom stereocenters. The average molecular weight is 157 g/mol. The van der Waals surface area contributed by atoms with Crippen molar-refractivity contribution in [1.29, 1.82) is 0 Å². The van der Waals surface area contributed by atoms with E-state index in [1.54, 1.807) is 0 Å². The van der Waals surface area contributed by atoms with E-state index in [0.29, 0.717) is 13.2 Å². The van der Waals surface area contributed by atoms with E-state index in [1.807, 2.05) is 6.08 Å². The maximum absolute atomic E-state index is 9.27. The van der Waals surface area contributed by atoms with Crippen LogP contribution in [0.4, 0.5) is 0 Å². The number of aliphatic hydroxyl groups excluding tert-OH is 1. The van der Waals surface area contributed by atoms with Gasteiger partial charge in [0.15, 0.2) is 0 Å². The number of hydrogen-bond donors (Lipinski definition) is 2. The molecule has 0 radical (unpaired) electrons. The lowest BCUT2D eigenvalue weighted by Gasteiger charge is -2.12. The highest BCUT2D eigenvalue weighted by Crippen LogP contribution is 2.04. The molecule has 1 aliphatic rings. The van der Waals surface area contributed by atoms with Crippen LogP contribution in [-0.4, -0.2) is 37.0 Å². The van der Waals surface area contributed by atoms with E-state index in [2.05, 4.69) is 11.9 Å². The molecule has 1 heterocycles. The fraction of sp³-hybridized carbons (Fsp3) is 0.750. The molecule has 0 bridgehead atoms. The molecule has 1 fully saturated rings. The lowest BCUT2D eigenvalue weighted by atomic mass is 10.2. The Labute approximate surface area is 67.1 Å². The van der Waals surface area contributed by atoms with Crippen molar-refractivity contribution in [3.05, 3.63) is 12.7 Å². The van der Waals surface area contributed by atoms with Gasteiger partial charge < -0.3 is 15.2 Å². The summed E-state index contributed by atoms with van der Waals surface area (Å²) in [6.07, 6.45) is 2.46. The molecule has 0 aromatic heterocycles. The third-order valence-corrected chi connectivity index (χ3v) is 1.81. The molecule has 0 amide bonds. The lowest BCUT2D eigenvalue weighted by Crippen LogP contribution is -2.39. The Morgan fingerprint density at radius 2 is 2.45 bits per heavy atom. The Kier molecular flexibility index (Phi) is 3.56. The maximum atomic E-state index is 9.27. The fourth-order valence-corrected chi connectivity index (χ4v) is 1.11. The second kappa shape index (κ2) is 4.49. The van der Waals surface area contributed by atoms with Gasteiger partial charge >= 0.3 is 0 Å². The molecule has 0 saturated carbocycles. The van der Waals surface area contributed by atoms with Crippen molar-refractivity contribution in [1.82, 2.24) is 5.32 Å². The molecule has 3 nitrogen and oxygen atoms in total. The summed E-state index contributed by atoms with van der Waals surface area (Å²) in [6.45, 7) is 5.57. The highest BCUT2D eigenvalue weighted by molar-refractivity contribution is 4.81.